The van der Waals surface area contributed by atoms with E-state index in [-0.39, 0.29) is 18.6 Å². The zero-order valence-electron chi connectivity index (χ0n) is 15.3. The predicted octanol–water partition coefficient (Wildman–Crippen LogP) is 4.20. The molecule has 3 aromatic rings. The smallest absolute Gasteiger partial charge is 0.266 e. The first-order valence-electron chi connectivity index (χ1n) is 9.16. The molecule has 1 aromatic heterocycles. The summed E-state index contributed by atoms with van der Waals surface area (Å²) in [4.78, 5) is 19.4. The first-order chi connectivity index (χ1) is 13.2. The van der Waals surface area contributed by atoms with Crippen LogP contribution in [0.5, 0.6) is 5.75 Å². The molecule has 1 amide bonds. The SMILES string of the molecule is Cc1ccccc1OCC(=O)N(C[C@@H]1CCCO1)c1nc2ccccc2s1. The Morgan fingerprint density at radius 1 is 1.26 bits per heavy atom. The fraction of sp³-hybridized carbons (Fsp3) is 0.333. The van der Waals surface area contributed by atoms with Gasteiger partial charge in [-0.15, -0.1) is 0 Å². The van der Waals surface area contributed by atoms with E-state index in [2.05, 4.69) is 4.98 Å². The predicted molar refractivity (Wildman–Crippen MR) is 108 cm³/mol. The second kappa shape index (κ2) is 8.06. The molecule has 0 aliphatic carbocycles. The van der Waals surface area contributed by atoms with Crippen molar-refractivity contribution in [3.8, 4) is 5.75 Å². The molecule has 140 valence electrons. The molecule has 2 aromatic carbocycles. The molecule has 0 spiro atoms. The topological polar surface area (TPSA) is 51.7 Å². The van der Waals surface area contributed by atoms with E-state index < -0.39 is 0 Å². The zero-order valence-corrected chi connectivity index (χ0v) is 16.1. The molecule has 0 saturated carbocycles. The van der Waals surface area contributed by atoms with Gasteiger partial charge >= 0.3 is 0 Å². The molecule has 6 heteroatoms. The summed E-state index contributed by atoms with van der Waals surface area (Å²) in [5.41, 5.74) is 1.92. The lowest BCUT2D eigenvalue weighted by molar-refractivity contribution is -0.120. The summed E-state index contributed by atoms with van der Waals surface area (Å²) in [6.45, 7) is 3.22. The van der Waals surface area contributed by atoms with E-state index in [4.69, 9.17) is 9.47 Å². The lowest BCUT2D eigenvalue weighted by Crippen LogP contribution is -2.40. The second-order valence-corrected chi connectivity index (χ2v) is 7.67. The average Bonchev–Trinajstić information content (AvgIpc) is 3.34. The van der Waals surface area contributed by atoms with Gasteiger partial charge in [0.2, 0.25) is 0 Å². The third-order valence-corrected chi connectivity index (χ3v) is 5.73. The fourth-order valence-electron chi connectivity index (χ4n) is 3.19. The maximum absolute atomic E-state index is 13.0. The van der Waals surface area contributed by atoms with Crippen LogP contribution in [0.25, 0.3) is 10.2 Å². The number of thiazole rings is 1. The third kappa shape index (κ3) is 4.12. The van der Waals surface area contributed by atoms with E-state index in [0.717, 1.165) is 41.0 Å². The molecule has 0 bridgehead atoms. The number of aryl methyl sites for hydroxylation is 1. The van der Waals surface area contributed by atoms with Gasteiger partial charge in [0.1, 0.15) is 5.75 Å². The molecule has 1 fully saturated rings. The number of rotatable bonds is 6. The highest BCUT2D eigenvalue weighted by molar-refractivity contribution is 7.22. The maximum Gasteiger partial charge on any atom is 0.266 e. The van der Waals surface area contributed by atoms with Crippen LogP contribution in [0.4, 0.5) is 5.13 Å². The van der Waals surface area contributed by atoms with Crippen molar-refractivity contribution < 1.29 is 14.3 Å². The Kier molecular flexibility index (Phi) is 5.36. The number of ether oxygens (including phenoxy) is 2. The van der Waals surface area contributed by atoms with Crippen molar-refractivity contribution in [3.05, 3.63) is 54.1 Å². The highest BCUT2D eigenvalue weighted by Crippen LogP contribution is 2.30. The van der Waals surface area contributed by atoms with Crippen LogP contribution in [0, 0.1) is 6.92 Å². The van der Waals surface area contributed by atoms with Crippen LogP contribution in [0.1, 0.15) is 18.4 Å². The quantitative estimate of drug-likeness (QED) is 0.641. The highest BCUT2D eigenvalue weighted by Gasteiger charge is 2.26. The fourth-order valence-corrected chi connectivity index (χ4v) is 4.18. The van der Waals surface area contributed by atoms with Crippen molar-refractivity contribution in [2.75, 3.05) is 24.7 Å². The Morgan fingerprint density at radius 2 is 2.07 bits per heavy atom. The summed E-state index contributed by atoms with van der Waals surface area (Å²) < 4.78 is 12.6. The Morgan fingerprint density at radius 3 is 2.85 bits per heavy atom. The first kappa shape index (κ1) is 17.9. The number of carbonyl (C=O) groups is 1. The minimum absolute atomic E-state index is 0.0203. The van der Waals surface area contributed by atoms with Gasteiger partial charge in [-0.05, 0) is 43.5 Å². The normalized spacial score (nSPS) is 16.6. The van der Waals surface area contributed by atoms with Crippen molar-refractivity contribution in [1.29, 1.82) is 0 Å². The second-order valence-electron chi connectivity index (χ2n) is 6.66. The van der Waals surface area contributed by atoms with Crippen LogP contribution in [0.3, 0.4) is 0 Å². The van der Waals surface area contributed by atoms with Gasteiger partial charge in [-0.25, -0.2) is 4.98 Å². The number of amides is 1. The zero-order chi connectivity index (χ0) is 18.6. The third-order valence-electron chi connectivity index (χ3n) is 4.67. The van der Waals surface area contributed by atoms with E-state index in [1.807, 2.05) is 55.5 Å². The molecule has 1 aliphatic heterocycles. The van der Waals surface area contributed by atoms with Crippen molar-refractivity contribution in [2.45, 2.75) is 25.9 Å². The van der Waals surface area contributed by atoms with Crippen LogP contribution in [0.15, 0.2) is 48.5 Å². The van der Waals surface area contributed by atoms with E-state index in [1.165, 1.54) is 11.3 Å². The van der Waals surface area contributed by atoms with Gasteiger partial charge in [0.15, 0.2) is 11.7 Å². The molecule has 4 rings (SSSR count). The minimum Gasteiger partial charge on any atom is -0.483 e. The summed E-state index contributed by atoms with van der Waals surface area (Å²) in [6, 6.07) is 15.6. The Balaban J connectivity index is 1.54. The number of benzene rings is 2. The van der Waals surface area contributed by atoms with Crippen LogP contribution in [-0.2, 0) is 9.53 Å². The van der Waals surface area contributed by atoms with Crippen molar-refractivity contribution in [3.63, 3.8) is 0 Å². The number of nitrogens with zero attached hydrogens (tertiary/aromatic N) is 2. The molecular weight excluding hydrogens is 360 g/mol. The van der Waals surface area contributed by atoms with E-state index in [9.17, 15) is 4.79 Å². The molecule has 0 unspecified atom stereocenters. The molecule has 5 nitrogen and oxygen atoms in total. The number of aromatic nitrogens is 1. The van der Waals surface area contributed by atoms with Crippen molar-refractivity contribution in [1.82, 2.24) is 4.98 Å². The summed E-state index contributed by atoms with van der Waals surface area (Å²) in [5, 5.41) is 0.699. The molecule has 27 heavy (non-hydrogen) atoms. The van der Waals surface area contributed by atoms with Crippen molar-refractivity contribution in [2.24, 2.45) is 0 Å². The molecule has 1 aliphatic rings. The monoisotopic (exact) mass is 382 g/mol. The van der Waals surface area contributed by atoms with Gasteiger partial charge in [0.25, 0.3) is 5.91 Å². The number of carbonyl (C=O) groups excluding carboxylic acids is 1. The number of fused-ring (bicyclic) bond motifs is 1. The number of para-hydroxylation sites is 2. The molecule has 0 radical (unpaired) electrons. The largest absolute Gasteiger partial charge is 0.483 e. The number of hydrogen-bond donors (Lipinski definition) is 0. The summed E-state index contributed by atoms with van der Waals surface area (Å²) >= 11 is 1.52. The van der Waals surface area contributed by atoms with Gasteiger partial charge < -0.3 is 9.47 Å². The highest BCUT2D eigenvalue weighted by atomic mass is 32.1. The van der Waals surface area contributed by atoms with Crippen molar-refractivity contribution >= 4 is 32.6 Å². The summed E-state index contributed by atoms with van der Waals surface area (Å²) in [5.74, 6) is 0.625. The van der Waals surface area contributed by atoms with Gasteiger partial charge in [0, 0.05) is 6.61 Å². The molecule has 0 N–H and O–H groups in total. The van der Waals surface area contributed by atoms with Crippen LogP contribution < -0.4 is 9.64 Å². The van der Waals surface area contributed by atoms with E-state index in [1.54, 1.807) is 4.90 Å². The standard InChI is InChI=1S/C21H22N2O3S/c1-15-7-2-4-10-18(15)26-14-20(24)23(13-16-8-6-12-25-16)21-22-17-9-3-5-11-19(17)27-21/h2-5,7,9-11,16H,6,8,12-14H2,1H3/t16-/m0/s1. The van der Waals surface area contributed by atoms with Gasteiger partial charge in [-0.1, -0.05) is 41.7 Å². The summed E-state index contributed by atoms with van der Waals surface area (Å²) in [7, 11) is 0. The van der Waals surface area contributed by atoms with Gasteiger partial charge in [-0.2, -0.15) is 0 Å². The molecule has 2 heterocycles. The Bertz CT molecular complexity index is 901. The van der Waals surface area contributed by atoms with Gasteiger partial charge in [-0.3, -0.25) is 9.69 Å². The van der Waals surface area contributed by atoms with Crippen LogP contribution in [-0.4, -0.2) is 36.8 Å². The van der Waals surface area contributed by atoms with Gasteiger partial charge in [0.05, 0.1) is 22.9 Å². The van der Waals surface area contributed by atoms with E-state index in [0.29, 0.717) is 11.7 Å². The molecular formula is C21H22N2O3S. The Hall–Kier alpha value is -2.44. The first-order valence-corrected chi connectivity index (χ1v) is 9.98. The Labute approximate surface area is 162 Å². The number of hydrogen-bond acceptors (Lipinski definition) is 5. The summed E-state index contributed by atoms with van der Waals surface area (Å²) in [6.07, 6.45) is 2.05. The molecule has 1 saturated heterocycles. The average molecular weight is 382 g/mol. The maximum atomic E-state index is 13.0. The lowest BCUT2D eigenvalue weighted by atomic mass is 10.2. The number of anilines is 1. The minimum atomic E-state index is -0.104. The lowest BCUT2D eigenvalue weighted by Gasteiger charge is -2.23. The van der Waals surface area contributed by atoms with E-state index >= 15 is 0 Å². The van der Waals surface area contributed by atoms with Crippen LogP contribution in [0.2, 0.25) is 0 Å². The van der Waals surface area contributed by atoms with Crippen LogP contribution >= 0.6 is 11.3 Å². The molecule has 1 atom stereocenters.